The van der Waals surface area contributed by atoms with Gasteiger partial charge in [-0.2, -0.15) is 0 Å². The molecule has 0 bridgehead atoms. The van der Waals surface area contributed by atoms with Gasteiger partial charge in [0.2, 0.25) is 5.91 Å². The van der Waals surface area contributed by atoms with Crippen LogP contribution in [0.2, 0.25) is 0 Å². The maximum atomic E-state index is 11.8. The standard InChI is InChI=1S/C17H26N2O/c1-17(2,3)15-6-4-13(5-7-15)8-9-19-12-14(11-18)10-16(19)20/h4-7,14H,8-12,18H2,1-3H3. The molecule has 3 nitrogen and oxygen atoms in total. The molecule has 1 aromatic rings. The van der Waals surface area contributed by atoms with E-state index in [2.05, 4.69) is 45.0 Å². The van der Waals surface area contributed by atoms with E-state index >= 15 is 0 Å². The first-order valence-electron chi connectivity index (χ1n) is 7.47. The molecule has 1 saturated heterocycles. The Hall–Kier alpha value is -1.35. The number of carbonyl (C=O) groups is 1. The largest absolute Gasteiger partial charge is 0.342 e. The topological polar surface area (TPSA) is 46.3 Å². The van der Waals surface area contributed by atoms with E-state index in [1.165, 1.54) is 11.1 Å². The normalized spacial score (nSPS) is 19.7. The number of hydrogen-bond acceptors (Lipinski definition) is 2. The molecule has 0 spiro atoms. The van der Waals surface area contributed by atoms with E-state index in [-0.39, 0.29) is 11.3 Å². The number of rotatable bonds is 4. The fourth-order valence-corrected chi connectivity index (χ4v) is 2.66. The summed E-state index contributed by atoms with van der Waals surface area (Å²) in [6.07, 6.45) is 1.55. The van der Waals surface area contributed by atoms with E-state index in [4.69, 9.17) is 5.73 Å². The second-order valence-corrected chi connectivity index (χ2v) is 6.84. The van der Waals surface area contributed by atoms with Crippen LogP contribution >= 0.6 is 0 Å². The van der Waals surface area contributed by atoms with Gasteiger partial charge in [0, 0.05) is 19.5 Å². The molecule has 1 aliphatic heterocycles. The van der Waals surface area contributed by atoms with Crippen LogP contribution in [0.1, 0.15) is 38.3 Å². The minimum absolute atomic E-state index is 0.192. The van der Waals surface area contributed by atoms with Crippen molar-refractivity contribution in [3.63, 3.8) is 0 Å². The smallest absolute Gasteiger partial charge is 0.222 e. The van der Waals surface area contributed by atoms with Gasteiger partial charge in [-0.25, -0.2) is 0 Å². The molecule has 1 unspecified atom stereocenters. The van der Waals surface area contributed by atoms with Crippen molar-refractivity contribution < 1.29 is 4.79 Å². The summed E-state index contributed by atoms with van der Waals surface area (Å²) in [5, 5.41) is 0. The highest BCUT2D eigenvalue weighted by atomic mass is 16.2. The Kier molecular flexibility index (Phi) is 4.48. The number of benzene rings is 1. The quantitative estimate of drug-likeness (QED) is 0.916. The third-order valence-corrected chi connectivity index (χ3v) is 4.12. The molecular weight excluding hydrogens is 248 g/mol. The van der Waals surface area contributed by atoms with E-state index < -0.39 is 0 Å². The summed E-state index contributed by atoms with van der Waals surface area (Å²) in [6, 6.07) is 8.76. The first-order valence-corrected chi connectivity index (χ1v) is 7.47. The van der Waals surface area contributed by atoms with E-state index in [0.717, 1.165) is 19.5 Å². The summed E-state index contributed by atoms with van der Waals surface area (Å²) in [4.78, 5) is 13.8. The van der Waals surface area contributed by atoms with Crippen molar-refractivity contribution in [3.8, 4) is 0 Å². The zero-order chi connectivity index (χ0) is 14.8. The van der Waals surface area contributed by atoms with Crippen molar-refractivity contribution in [2.45, 2.75) is 39.0 Å². The number of nitrogens with two attached hydrogens (primary N) is 1. The predicted octanol–water partition coefficient (Wildman–Crippen LogP) is 2.33. The molecule has 0 aliphatic carbocycles. The van der Waals surface area contributed by atoms with E-state index in [1.54, 1.807) is 0 Å². The van der Waals surface area contributed by atoms with Crippen LogP contribution in [0.3, 0.4) is 0 Å². The maximum absolute atomic E-state index is 11.8. The molecule has 1 atom stereocenters. The highest BCUT2D eigenvalue weighted by Gasteiger charge is 2.27. The van der Waals surface area contributed by atoms with Crippen molar-refractivity contribution in [1.29, 1.82) is 0 Å². The molecule has 1 amide bonds. The first kappa shape index (κ1) is 15.0. The number of nitrogens with zero attached hydrogens (tertiary/aromatic N) is 1. The summed E-state index contributed by atoms with van der Waals surface area (Å²) in [7, 11) is 0. The van der Waals surface area contributed by atoms with Gasteiger partial charge in [0.15, 0.2) is 0 Å². The van der Waals surface area contributed by atoms with E-state index in [1.807, 2.05) is 4.90 Å². The van der Waals surface area contributed by atoms with Gasteiger partial charge in [-0.1, -0.05) is 45.0 Å². The van der Waals surface area contributed by atoms with Gasteiger partial charge in [-0.05, 0) is 35.4 Å². The van der Waals surface area contributed by atoms with E-state index in [0.29, 0.717) is 18.9 Å². The lowest BCUT2D eigenvalue weighted by Crippen LogP contribution is -2.28. The maximum Gasteiger partial charge on any atom is 0.222 e. The van der Waals surface area contributed by atoms with Crippen molar-refractivity contribution in [3.05, 3.63) is 35.4 Å². The van der Waals surface area contributed by atoms with Crippen LogP contribution in [0.5, 0.6) is 0 Å². The lowest BCUT2D eigenvalue weighted by atomic mass is 9.86. The van der Waals surface area contributed by atoms with Gasteiger partial charge in [0.1, 0.15) is 0 Å². The van der Waals surface area contributed by atoms with Crippen LogP contribution in [0.25, 0.3) is 0 Å². The summed E-state index contributed by atoms with van der Waals surface area (Å²) in [5.74, 6) is 0.609. The minimum Gasteiger partial charge on any atom is -0.342 e. The minimum atomic E-state index is 0.192. The van der Waals surface area contributed by atoms with Gasteiger partial charge < -0.3 is 10.6 Å². The highest BCUT2D eigenvalue weighted by Crippen LogP contribution is 2.22. The number of likely N-dealkylation sites (tertiary alicyclic amines) is 1. The van der Waals surface area contributed by atoms with Crippen molar-refractivity contribution in [1.82, 2.24) is 4.90 Å². The van der Waals surface area contributed by atoms with Crippen molar-refractivity contribution >= 4 is 5.91 Å². The second-order valence-electron chi connectivity index (χ2n) is 6.84. The first-order chi connectivity index (χ1) is 9.40. The molecule has 1 aliphatic rings. The molecule has 2 rings (SSSR count). The Morgan fingerprint density at radius 2 is 1.90 bits per heavy atom. The van der Waals surface area contributed by atoms with E-state index in [9.17, 15) is 4.79 Å². The van der Waals surface area contributed by atoms with Gasteiger partial charge in [0.25, 0.3) is 0 Å². The third kappa shape index (κ3) is 3.60. The molecule has 1 aromatic carbocycles. The Labute approximate surface area is 122 Å². The zero-order valence-corrected chi connectivity index (χ0v) is 12.9. The lowest BCUT2D eigenvalue weighted by Gasteiger charge is -2.20. The van der Waals surface area contributed by atoms with Crippen molar-refractivity contribution in [2.75, 3.05) is 19.6 Å². The monoisotopic (exact) mass is 274 g/mol. The van der Waals surface area contributed by atoms with Crippen molar-refractivity contribution in [2.24, 2.45) is 11.7 Å². The predicted molar refractivity (Wildman–Crippen MR) is 82.6 cm³/mol. The number of amides is 1. The summed E-state index contributed by atoms with van der Waals surface area (Å²) < 4.78 is 0. The molecule has 0 saturated carbocycles. The lowest BCUT2D eigenvalue weighted by molar-refractivity contribution is -0.127. The second kappa shape index (κ2) is 5.96. The molecular formula is C17H26N2O. The molecule has 1 heterocycles. The zero-order valence-electron chi connectivity index (χ0n) is 12.9. The Morgan fingerprint density at radius 3 is 2.40 bits per heavy atom. The Balaban J connectivity index is 1.90. The van der Waals surface area contributed by atoms with Crippen LogP contribution in [0.15, 0.2) is 24.3 Å². The third-order valence-electron chi connectivity index (χ3n) is 4.12. The molecule has 110 valence electrons. The summed E-state index contributed by atoms with van der Waals surface area (Å²) in [5.41, 5.74) is 8.48. The molecule has 0 radical (unpaired) electrons. The number of hydrogen-bond donors (Lipinski definition) is 1. The Bertz CT molecular complexity index is 459. The number of carbonyl (C=O) groups excluding carboxylic acids is 1. The molecule has 1 fully saturated rings. The fraction of sp³-hybridized carbons (Fsp3) is 0.588. The molecule has 3 heteroatoms. The van der Waals surface area contributed by atoms with Crippen LogP contribution in [-0.2, 0) is 16.6 Å². The average molecular weight is 274 g/mol. The molecule has 0 aromatic heterocycles. The van der Waals surface area contributed by atoms with Gasteiger partial charge in [0.05, 0.1) is 0 Å². The Morgan fingerprint density at radius 1 is 1.25 bits per heavy atom. The summed E-state index contributed by atoms with van der Waals surface area (Å²) in [6.45, 7) is 8.91. The van der Waals surface area contributed by atoms with Gasteiger partial charge in [-0.3, -0.25) is 4.79 Å². The highest BCUT2D eigenvalue weighted by molar-refractivity contribution is 5.78. The van der Waals surface area contributed by atoms with Crippen LogP contribution in [-0.4, -0.2) is 30.4 Å². The average Bonchev–Trinajstić information content (AvgIpc) is 2.76. The van der Waals surface area contributed by atoms with Gasteiger partial charge >= 0.3 is 0 Å². The van der Waals surface area contributed by atoms with Crippen LogP contribution in [0.4, 0.5) is 0 Å². The van der Waals surface area contributed by atoms with Crippen LogP contribution in [0, 0.1) is 5.92 Å². The molecule has 2 N–H and O–H groups in total. The fourth-order valence-electron chi connectivity index (χ4n) is 2.66. The molecule has 20 heavy (non-hydrogen) atoms. The van der Waals surface area contributed by atoms with Crippen LogP contribution < -0.4 is 5.73 Å². The SMILES string of the molecule is CC(C)(C)c1ccc(CCN2CC(CN)CC2=O)cc1. The van der Waals surface area contributed by atoms with Gasteiger partial charge in [-0.15, -0.1) is 0 Å². The summed E-state index contributed by atoms with van der Waals surface area (Å²) >= 11 is 0.